The van der Waals surface area contributed by atoms with Gasteiger partial charge < -0.3 is 19.6 Å². The molecule has 21 heavy (non-hydrogen) atoms. The van der Waals surface area contributed by atoms with E-state index in [1.807, 2.05) is 26.0 Å². The van der Waals surface area contributed by atoms with Gasteiger partial charge in [0.2, 0.25) is 0 Å². The molecule has 4 heteroatoms. The van der Waals surface area contributed by atoms with Crippen LogP contribution >= 0.6 is 0 Å². The summed E-state index contributed by atoms with van der Waals surface area (Å²) in [4.78, 5) is 0. The fourth-order valence-corrected chi connectivity index (χ4v) is 3.86. The molecule has 2 N–H and O–H groups in total. The van der Waals surface area contributed by atoms with E-state index in [-0.39, 0.29) is 0 Å². The van der Waals surface area contributed by atoms with Crippen molar-refractivity contribution in [2.24, 2.45) is 5.41 Å². The summed E-state index contributed by atoms with van der Waals surface area (Å²) in [5, 5.41) is 14.2. The summed E-state index contributed by atoms with van der Waals surface area (Å²) >= 11 is 0. The summed E-state index contributed by atoms with van der Waals surface area (Å²) in [6.07, 6.45) is 5.26. The first kappa shape index (κ1) is 15.1. The Kier molecular flexibility index (Phi) is 3.89. The molecule has 4 nitrogen and oxygen atoms in total. The monoisotopic (exact) mass is 293 g/mol. The molecule has 3 rings (SSSR count). The molecular formula is C17H27NO3. The molecule has 0 aromatic carbocycles. The Morgan fingerprint density at radius 1 is 1.48 bits per heavy atom. The van der Waals surface area contributed by atoms with Gasteiger partial charge in [-0.1, -0.05) is 6.42 Å². The lowest BCUT2D eigenvalue weighted by Crippen LogP contribution is -2.67. The highest BCUT2D eigenvalue weighted by Crippen LogP contribution is 2.57. The van der Waals surface area contributed by atoms with E-state index in [0.717, 1.165) is 18.8 Å². The quantitative estimate of drug-likeness (QED) is 0.847. The van der Waals surface area contributed by atoms with Gasteiger partial charge in [-0.15, -0.1) is 0 Å². The normalized spacial score (nSPS) is 29.7. The second-order valence-electron chi connectivity index (χ2n) is 6.88. The van der Waals surface area contributed by atoms with E-state index in [1.165, 1.54) is 19.3 Å². The molecule has 1 aromatic heterocycles. The minimum absolute atomic E-state index is 0.325. The van der Waals surface area contributed by atoms with Gasteiger partial charge in [-0.05, 0) is 52.2 Å². The van der Waals surface area contributed by atoms with Gasteiger partial charge in [-0.2, -0.15) is 0 Å². The van der Waals surface area contributed by atoms with Crippen molar-refractivity contribution < 1.29 is 14.3 Å². The van der Waals surface area contributed by atoms with Crippen molar-refractivity contribution in [3.63, 3.8) is 0 Å². The molecule has 1 heterocycles. The van der Waals surface area contributed by atoms with Gasteiger partial charge in [0.25, 0.3) is 0 Å². The molecule has 0 bridgehead atoms. The van der Waals surface area contributed by atoms with Crippen LogP contribution < -0.4 is 5.32 Å². The molecule has 0 saturated heterocycles. The highest BCUT2D eigenvalue weighted by Gasteiger charge is 2.58. The predicted octanol–water partition coefficient (Wildman–Crippen LogP) is 2.73. The van der Waals surface area contributed by atoms with E-state index >= 15 is 0 Å². The molecule has 2 aliphatic rings. The second kappa shape index (κ2) is 5.41. The Balaban J connectivity index is 1.58. The third-order valence-corrected chi connectivity index (χ3v) is 5.40. The topological polar surface area (TPSA) is 54.6 Å². The SMILES string of the molecule is CCOC1CC(NCC(C)(O)c2ccc(C)o2)C12CCC2. The third-order valence-electron chi connectivity index (χ3n) is 5.40. The van der Waals surface area contributed by atoms with Crippen molar-refractivity contribution in [1.82, 2.24) is 5.32 Å². The van der Waals surface area contributed by atoms with Gasteiger partial charge in [0, 0.05) is 24.6 Å². The zero-order valence-electron chi connectivity index (χ0n) is 13.3. The zero-order valence-corrected chi connectivity index (χ0v) is 13.3. The summed E-state index contributed by atoms with van der Waals surface area (Å²) < 4.78 is 11.4. The third kappa shape index (κ3) is 2.54. The van der Waals surface area contributed by atoms with Crippen LogP contribution in [-0.2, 0) is 10.3 Å². The summed E-state index contributed by atoms with van der Waals surface area (Å²) in [5.41, 5.74) is -0.638. The van der Waals surface area contributed by atoms with Crippen molar-refractivity contribution in [2.75, 3.05) is 13.2 Å². The maximum atomic E-state index is 10.6. The van der Waals surface area contributed by atoms with Crippen LogP contribution in [0.1, 0.15) is 51.1 Å². The van der Waals surface area contributed by atoms with Gasteiger partial charge in [0.15, 0.2) is 0 Å². The van der Waals surface area contributed by atoms with Crippen LogP contribution in [0.3, 0.4) is 0 Å². The van der Waals surface area contributed by atoms with E-state index in [0.29, 0.717) is 29.9 Å². The average Bonchev–Trinajstić information content (AvgIpc) is 2.78. The van der Waals surface area contributed by atoms with E-state index in [1.54, 1.807) is 0 Å². The summed E-state index contributed by atoms with van der Waals surface area (Å²) in [7, 11) is 0. The van der Waals surface area contributed by atoms with Crippen LogP contribution in [0.2, 0.25) is 0 Å². The average molecular weight is 293 g/mol. The smallest absolute Gasteiger partial charge is 0.136 e. The van der Waals surface area contributed by atoms with Crippen LogP contribution in [0.25, 0.3) is 0 Å². The predicted molar refractivity (Wildman–Crippen MR) is 81.1 cm³/mol. The Morgan fingerprint density at radius 3 is 2.76 bits per heavy atom. The molecule has 2 aliphatic carbocycles. The van der Waals surface area contributed by atoms with Gasteiger partial charge in [-0.25, -0.2) is 0 Å². The highest BCUT2D eigenvalue weighted by molar-refractivity contribution is 5.15. The molecule has 118 valence electrons. The molecule has 0 amide bonds. The Labute approximate surface area is 126 Å². The van der Waals surface area contributed by atoms with Crippen molar-refractivity contribution in [2.45, 2.75) is 64.2 Å². The molecule has 3 atom stereocenters. The molecule has 2 fully saturated rings. The number of hydrogen-bond acceptors (Lipinski definition) is 4. The lowest BCUT2D eigenvalue weighted by Gasteiger charge is -2.61. The highest BCUT2D eigenvalue weighted by atomic mass is 16.5. The van der Waals surface area contributed by atoms with Crippen molar-refractivity contribution in [3.8, 4) is 0 Å². The maximum Gasteiger partial charge on any atom is 0.136 e. The Morgan fingerprint density at radius 2 is 2.24 bits per heavy atom. The van der Waals surface area contributed by atoms with Crippen LogP contribution in [0.4, 0.5) is 0 Å². The first-order valence-corrected chi connectivity index (χ1v) is 8.12. The zero-order chi connectivity index (χ0) is 15.1. The second-order valence-corrected chi connectivity index (χ2v) is 6.88. The number of furan rings is 1. The van der Waals surface area contributed by atoms with Crippen LogP contribution in [0.15, 0.2) is 16.5 Å². The number of ether oxygens (including phenoxy) is 1. The number of aryl methyl sites for hydroxylation is 1. The molecule has 1 aromatic rings. The van der Waals surface area contributed by atoms with Gasteiger partial charge in [0.05, 0.1) is 6.10 Å². The largest absolute Gasteiger partial charge is 0.463 e. The molecule has 2 saturated carbocycles. The molecule has 0 radical (unpaired) electrons. The van der Waals surface area contributed by atoms with E-state index in [9.17, 15) is 5.11 Å². The Bertz CT molecular complexity index is 490. The lowest BCUT2D eigenvalue weighted by molar-refractivity contribution is -0.175. The van der Waals surface area contributed by atoms with Crippen LogP contribution in [0.5, 0.6) is 0 Å². The fourth-order valence-electron chi connectivity index (χ4n) is 3.86. The van der Waals surface area contributed by atoms with Gasteiger partial charge in [0.1, 0.15) is 17.1 Å². The van der Waals surface area contributed by atoms with Crippen molar-refractivity contribution in [3.05, 3.63) is 23.7 Å². The molecule has 3 unspecified atom stereocenters. The van der Waals surface area contributed by atoms with Crippen molar-refractivity contribution >= 4 is 0 Å². The minimum atomic E-state index is -0.962. The maximum absolute atomic E-state index is 10.6. The summed E-state index contributed by atoms with van der Waals surface area (Å²) in [6, 6.07) is 4.22. The van der Waals surface area contributed by atoms with E-state index < -0.39 is 5.60 Å². The first-order chi connectivity index (χ1) is 9.98. The lowest BCUT2D eigenvalue weighted by atomic mass is 9.51. The van der Waals surface area contributed by atoms with E-state index in [2.05, 4.69) is 12.2 Å². The molecule has 1 spiro atoms. The summed E-state index contributed by atoms with van der Waals surface area (Å²) in [5.74, 6) is 1.47. The minimum Gasteiger partial charge on any atom is -0.463 e. The summed E-state index contributed by atoms with van der Waals surface area (Å²) in [6.45, 7) is 7.09. The van der Waals surface area contributed by atoms with Crippen molar-refractivity contribution in [1.29, 1.82) is 0 Å². The van der Waals surface area contributed by atoms with Gasteiger partial charge in [-0.3, -0.25) is 0 Å². The molecule has 0 aliphatic heterocycles. The van der Waals surface area contributed by atoms with Crippen LogP contribution in [0, 0.1) is 12.3 Å². The standard InChI is InChI=1S/C17H27NO3/c1-4-20-15-10-13(17(15)8-5-9-17)18-11-16(3,19)14-7-6-12(2)21-14/h6-7,13,15,18-19H,4-5,8-11H2,1-3H3. The van der Waals surface area contributed by atoms with E-state index in [4.69, 9.17) is 9.15 Å². The Hall–Kier alpha value is -0.840. The van der Waals surface area contributed by atoms with Gasteiger partial charge >= 0.3 is 0 Å². The fraction of sp³-hybridized carbons (Fsp3) is 0.765. The first-order valence-electron chi connectivity index (χ1n) is 8.12. The van der Waals surface area contributed by atoms with Crippen LogP contribution in [-0.4, -0.2) is 30.4 Å². The number of nitrogens with one attached hydrogen (secondary N) is 1. The molecular weight excluding hydrogens is 266 g/mol. The number of rotatable bonds is 6. The number of hydrogen-bond donors (Lipinski definition) is 2. The number of aliphatic hydroxyl groups is 1.